The maximum Gasteiger partial charge on any atom is 0.0209 e. The Balaban J connectivity index is 2.11. The van der Waals surface area contributed by atoms with E-state index in [2.05, 4.69) is 25.8 Å². The van der Waals surface area contributed by atoms with E-state index in [0.29, 0.717) is 5.54 Å². The molecule has 0 amide bonds. The molecule has 0 radical (unpaired) electrons. The Hall–Kier alpha value is -0.0400. The van der Waals surface area contributed by atoms with Crippen LogP contribution in [0.1, 0.15) is 33.1 Å². The van der Waals surface area contributed by atoms with Gasteiger partial charge in [0.15, 0.2) is 0 Å². The summed E-state index contributed by atoms with van der Waals surface area (Å²) in [6.45, 7) is 6.14. The summed E-state index contributed by atoms with van der Waals surface area (Å²) < 4.78 is 0. The predicted molar refractivity (Wildman–Crippen MR) is 47.5 cm³/mol. The van der Waals surface area contributed by atoms with Crippen LogP contribution in [0.5, 0.6) is 0 Å². The van der Waals surface area contributed by atoms with Crippen molar-refractivity contribution in [1.82, 2.24) is 4.90 Å². The summed E-state index contributed by atoms with van der Waals surface area (Å²) in [7, 11) is 2.29. The van der Waals surface area contributed by atoms with Gasteiger partial charge in [-0.05, 0) is 45.1 Å². The van der Waals surface area contributed by atoms with Crippen molar-refractivity contribution >= 4 is 0 Å². The molecule has 2 unspecified atom stereocenters. The largest absolute Gasteiger partial charge is 0.300 e. The van der Waals surface area contributed by atoms with Gasteiger partial charge in [0.2, 0.25) is 0 Å². The summed E-state index contributed by atoms with van der Waals surface area (Å²) in [5.41, 5.74) is 0.569. The fraction of sp³-hybridized carbons (Fsp3) is 1.00. The van der Waals surface area contributed by atoms with Crippen molar-refractivity contribution < 1.29 is 0 Å². The van der Waals surface area contributed by atoms with Crippen LogP contribution < -0.4 is 0 Å². The molecule has 0 aromatic heterocycles. The average molecular weight is 153 g/mol. The molecule has 0 N–H and O–H groups in total. The van der Waals surface area contributed by atoms with Crippen LogP contribution >= 0.6 is 0 Å². The first-order valence-electron chi connectivity index (χ1n) is 4.84. The molecule has 0 aromatic rings. The lowest BCUT2D eigenvalue weighted by molar-refractivity contribution is 0.167. The minimum Gasteiger partial charge on any atom is -0.300 e. The van der Waals surface area contributed by atoms with Gasteiger partial charge in [-0.2, -0.15) is 0 Å². The standard InChI is InChI=1S/C10H19N/c1-8-6-10(2,9-4-5-9)11(3)7-8/h8-9H,4-7H2,1-3H3. The highest BCUT2D eigenvalue weighted by Gasteiger charge is 2.48. The van der Waals surface area contributed by atoms with Crippen LogP contribution in [0.3, 0.4) is 0 Å². The molecule has 1 heterocycles. The number of hydrogen-bond acceptors (Lipinski definition) is 1. The summed E-state index contributed by atoms with van der Waals surface area (Å²) in [6.07, 6.45) is 4.38. The van der Waals surface area contributed by atoms with E-state index >= 15 is 0 Å². The van der Waals surface area contributed by atoms with Crippen LogP contribution in [-0.4, -0.2) is 24.0 Å². The van der Waals surface area contributed by atoms with Crippen molar-refractivity contribution in [1.29, 1.82) is 0 Å². The zero-order valence-electron chi connectivity index (χ0n) is 7.93. The molecule has 0 bridgehead atoms. The highest BCUT2D eigenvalue weighted by Crippen LogP contribution is 2.48. The molecule has 1 saturated carbocycles. The van der Waals surface area contributed by atoms with E-state index in [0.717, 1.165) is 11.8 Å². The maximum atomic E-state index is 2.58. The van der Waals surface area contributed by atoms with Crippen LogP contribution in [0.25, 0.3) is 0 Å². The number of nitrogens with zero attached hydrogens (tertiary/aromatic N) is 1. The average Bonchev–Trinajstić information content (AvgIpc) is 2.63. The zero-order chi connectivity index (χ0) is 8.06. The van der Waals surface area contributed by atoms with Gasteiger partial charge in [-0.1, -0.05) is 6.92 Å². The summed E-state index contributed by atoms with van der Waals surface area (Å²) in [6, 6.07) is 0. The van der Waals surface area contributed by atoms with Crippen molar-refractivity contribution in [2.45, 2.75) is 38.6 Å². The van der Waals surface area contributed by atoms with E-state index in [1.165, 1.54) is 25.8 Å². The van der Waals surface area contributed by atoms with Gasteiger partial charge < -0.3 is 4.90 Å². The Bertz CT molecular complexity index is 162. The van der Waals surface area contributed by atoms with E-state index in [1.54, 1.807) is 0 Å². The van der Waals surface area contributed by atoms with Gasteiger partial charge in [0.25, 0.3) is 0 Å². The fourth-order valence-corrected chi connectivity index (χ4v) is 2.79. The van der Waals surface area contributed by atoms with Crippen LogP contribution in [0.2, 0.25) is 0 Å². The number of rotatable bonds is 1. The summed E-state index contributed by atoms with van der Waals surface area (Å²) in [5, 5.41) is 0. The highest BCUT2D eigenvalue weighted by molar-refractivity contribution is 5.03. The third-order valence-electron chi connectivity index (χ3n) is 3.68. The zero-order valence-corrected chi connectivity index (χ0v) is 7.93. The third kappa shape index (κ3) is 1.10. The van der Waals surface area contributed by atoms with Crippen molar-refractivity contribution in [3.63, 3.8) is 0 Å². The van der Waals surface area contributed by atoms with Gasteiger partial charge in [0.1, 0.15) is 0 Å². The molecule has 2 rings (SSSR count). The molecular formula is C10H19N. The molecule has 0 aromatic carbocycles. The van der Waals surface area contributed by atoms with Gasteiger partial charge in [0, 0.05) is 12.1 Å². The minimum absolute atomic E-state index is 0.569. The molecule has 2 aliphatic rings. The molecule has 1 nitrogen and oxygen atoms in total. The van der Waals surface area contributed by atoms with Crippen LogP contribution in [0.15, 0.2) is 0 Å². The monoisotopic (exact) mass is 153 g/mol. The van der Waals surface area contributed by atoms with Gasteiger partial charge in [-0.3, -0.25) is 0 Å². The Morgan fingerprint density at radius 3 is 2.36 bits per heavy atom. The molecule has 0 spiro atoms. The molecule has 1 saturated heterocycles. The summed E-state index contributed by atoms with van der Waals surface area (Å²) in [4.78, 5) is 2.58. The van der Waals surface area contributed by atoms with Crippen LogP contribution in [-0.2, 0) is 0 Å². The van der Waals surface area contributed by atoms with Gasteiger partial charge >= 0.3 is 0 Å². The van der Waals surface area contributed by atoms with E-state index in [1.807, 2.05) is 0 Å². The second-order valence-electron chi connectivity index (χ2n) is 4.82. The van der Waals surface area contributed by atoms with Gasteiger partial charge in [0.05, 0.1) is 0 Å². The molecule has 2 atom stereocenters. The highest BCUT2D eigenvalue weighted by atomic mass is 15.2. The second kappa shape index (κ2) is 2.22. The molecule has 1 heteroatoms. The molecule has 1 aliphatic carbocycles. The molecular weight excluding hydrogens is 134 g/mol. The molecule has 64 valence electrons. The van der Waals surface area contributed by atoms with E-state index in [9.17, 15) is 0 Å². The maximum absolute atomic E-state index is 2.58. The smallest absolute Gasteiger partial charge is 0.0209 e. The summed E-state index contributed by atoms with van der Waals surface area (Å²) in [5.74, 6) is 1.95. The number of likely N-dealkylation sites (tertiary alicyclic amines) is 1. The van der Waals surface area contributed by atoms with E-state index in [4.69, 9.17) is 0 Å². The quantitative estimate of drug-likeness (QED) is 0.558. The molecule has 1 aliphatic heterocycles. The molecule has 11 heavy (non-hydrogen) atoms. The summed E-state index contributed by atoms with van der Waals surface area (Å²) >= 11 is 0. The lowest BCUT2D eigenvalue weighted by atomic mass is 9.90. The van der Waals surface area contributed by atoms with Crippen LogP contribution in [0, 0.1) is 11.8 Å². The van der Waals surface area contributed by atoms with E-state index in [-0.39, 0.29) is 0 Å². The topological polar surface area (TPSA) is 3.24 Å². The normalized spacial score (nSPS) is 46.6. The van der Waals surface area contributed by atoms with Gasteiger partial charge in [-0.15, -0.1) is 0 Å². The van der Waals surface area contributed by atoms with Crippen molar-refractivity contribution in [3.05, 3.63) is 0 Å². The Morgan fingerprint density at radius 1 is 1.36 bits per heavy atom. The predicted octanol–water partition coefficient (Wildman–Crippen LogP) is 2.13. The fourth-order valence-electron chi connectivity index (χ4n) is 2.79. The van der Waals surface area contributed by atoms with Crippen molar-refractivity contribution in [2.75, 3.05) is 13.6 Å². The first-order valence-corrected chi connectivity index (χ1v) is 4.84. The van der Waals surface area contributed by atoms with E-state index < -0.39 is 0 Å². The van der Waals surface area contributed by atoms with Crippen LogP contribution in [0.4, 0.5) is 0 Å². The van der Waals surface area contributed by atoms with Crippen molar-refractivity contribution in [2.24, 2.45) is 11.8 Å². The van der Waals surface area contributed by atoms with Crippen molar-refractivity contribution in [3.8, 4) is 0 Å². The first-order chi connectivity index (χ1) is 5.13. The van der Waals surface area contributed by atoms with Gasteiger partial charge in [-0.25, -0.2) is 0 Å². The third-order valence-corrected chi connectivity index (χ3v) is 3.68. The molecule has 2 fully saturated rings. The second-order valence-corrected chi connectivity index (χ2v) is 4.82. The number of hydrogen-bond donors (Lipinski definition) is 0. The Labute approximate surface area is 69.8 Å². The lowest BCUT2D eigenvalue weighted by Gasteiger charge is -2.32. The Kier molecular flexibility index (Phi) is 1.54. The lowest BCUT2D eigenvalue weighted by Crippen LogP contribution is -2.40. The SMILES string of the molecule is CC1CN(C)C(C)(C2CC2)C1. The Morgan fingerprint density at radius 2 is 2.00 bits per heavy atom. The minimum atomic E-state index is 0.569. The first kappa shape index (κ1) is 7.60.